The molecule has 0 N–H and O–H groups in total. The van der Waals surface area contributed by atoms with E-state index in [0.717, 1.165) is 18.5 Å². The lowest BCUT2D eigenvalue weighted by Crippen LogP contribution is -2.34. The van der Waals surface area contributed by atoms with E-state index in [1.165, 1.54) is 5.56 Å². The minimum absolute atomic E-state index is 0.0308. The van der Waals surface area contributed by atoms with Crippen LogP contribution in [0.5, 0.6) is 0 Å². The highest BCUT2D eigenvalue weighted by molar-refractivity contribution is 5.92. The molecule has 0 aliphatic carbocycles. The number of likely N-dealkylation sites (tertiary alicyclic amines) is 1. The first-order valence-electron chi connectivity index (χ1n) is 8.23. The number of amides is 1. The quantitative estimate of drug-likeness (QED) is 0.804. The number of nitrogens with zero attached hydrogens (tertiary/aromatic N) is 2. The van der Waals surface area contributed by atoms with Crippen LogP contribution in [0.3, 0.4) is 0 Å². The Labute approximate surface area is 142 Å². The lowest BCUT2D eigenvalue weighted by molar-refractivity contribution is -0.126. The fourth-order valence-corrected chi connectivity index (χ4v) is 3.37. The van der Waals surface area contributed by atoms with E-state index >= 15 is 0 Å². The van der Waals surface area contributed by atoms with Crippen molar-refractivity contribution in [1.82, 2.24) is 4.90 Å². The Morgan fingerprint density at radius 3 is 2.75 bits per heavy atom. The van der Waals surface area contributed by atoms with E-state index in [1.54, 1.807) is 24.3 Å². The van der Waals surface area contributed by atoms with Crippen LogP contribution in [0.4, 0.5) is 0 Å². The maximum absolute atomic E-state index is 12.5. The fourth-order valence-electron chi connectivity index (χ4n) is 3.37. The topological polar surface area (TPSA) is 44.1 Å². The van der Waals surface area contributed by atoms with Gasteiger partial charge in [-0.2, -0.15) is 5.26 Å². The van der Waals surface area contributed by atoms with E-state index in [-0.39, 0.29) is 11.9 Å². The van der Waals surface area contributed by atoms with E-state index in [9.17, 15) is 4.79 Å². The van der Waals surface area contributed by atoms with Crippen LogP contribution in [0.1, 0.15) is 36.0 Å². The lowest BCUT2D eigenvalue weighted by Gasteiger charge is -2.24. The number of hydrogen-bond acceptors (Lipinski definition) is 2. The Morgan fingerprint density at radius 2 is 2.00 bits per heavy atom. The van der Waals surface area contributed by atoms with Crippen molar-refractivity contribution >= 4 is 12.0 Å². The van der Waals surface area contributed by atoms with Crippen molar-refractivity contribution in [3.05, 3.63) is 77.4 Å². The standard InChI is InChI=1S/C21H20N2O/c1-16-20(19-8-3-2-4-9-19)12-13-23(16)21(24)11-10-17-6-5-7-18(14-17)15-22/h2-11,14,16,20H,12-13H2,1H3/b11-10+. The molecular formula is C21H20N2O. The minimum Gasteiger partial charge on any atom is -0.336 e. The van der Waals surface area contributed by atoms with Gasteiger partial charge in [-0.05, 0) is 42.7 Å². The van der Waals surface area contributed by atoms with Gasteiger partial charge in [0.15, 0.2) is 0 Å². The number of carbonyl (C=O) groups is 1. The van der Waals surface area contributed by atoms with E-state index in [4.69, 9.17) is 5.26 Å². The molecule has 0 saturated carbocycles. The zero-order valence-corrected chi connectivity index (χ0v) is 13.7. The van der Waals surface area contributed by atoms with Crippen LogP contribution < -0.4 is 0 Å². The summed E-state index contributed by atoms with van der Waals surface area (Å²) in [6.45, 7) is 2.90. The monoisotopic (exact) mass is 316 g/mol. The summed E-state index contributed by atoms with van der Waals surface area (Å²) in [5.41, 5.74) is 2.77. The van der Waals surface area contributed by atoms with Gasteiger partial charge in [0.25, 0.3) is 0 Å². The van der Waals surface area contributed by atoms with E-state index < -0.39 is 0 Å². The van der Waals surface area contributed by atoms with Crippen LogP contribution >= 0.6 is 0 Å². The van der Waals surface area contributed by atoms with E-state index in [1.807, 2.05) is 23.1 Å². The summed E-state index contributed by atoms with van der Waals surface area (Å²) in [6, 6.07) is 20.0. The third kappa shape index (κ3) is 3.38. The maximum Gasteiger partial charge on any atom is 0.246 e. The van der Waals surface area contributed by atoms with E-state index in [2.05, 4.69) is 37.3 Å². The zero-order valence-electron chi connectivity index (χ0n) is 13.7. The summed E-state index contributed by atoms with van der Waals surface area (Å²) in [7, 11) is 0. The molecule has 1 saturated heterocycles. The maximum atomic E-state index is 12.5. The van der Waals surface area contributed by atoms with Crippen LogP contribution in [0.15, 0.2) is 60.7 Å². The first-order chi connectivity index (χ1) is 11.7. The molecule has 0 spiro atoms. The van der Waals surface area contributed by atoms with Crippen molar-refractivity contribution < 1.29 is 4.79 Å². The second-order valence-electron chi connectivity index (χ2n) is 6.15. The highest BCUT2D eigenvalue weighted by atomic mass is 16.2. The molecule has 120 valence electrons. The largest absolute Gasteiger partial charge is 0.336 e. The Kier molecular flexibility index (Phi) is 4.77. The predicted octanol–water partition coefficient (Wildman–Crippen LogP) is 3.98. The normalized spacial score (nSPS) is 20.2. The first-order valence-corrected chi connectivity index (χ1v) is 8.23. The molecule has 3 nitrogen and oxygen atoms in total. The molecule has 0 radical (unpaired) electrons. The minimum atomic E-state index is 0.0308. The SMILES string of the molecule is CC1C(c2ccccc2)CCN1C(=O)/C=C/c1cccc(C#N)c1. The third-order valence-electron chi connectivity index (χ3n) is 4.70. The molecule has 1 heterocycles. The second kappa shape index (κ2) is 7.14. The van der Waals surface area contributed by atoms with Gasteiger partial charge in [0.1, 0.15) is 0 Å². The van der Waals surface area contributed by atoms with Crippen molar-refractivity contribution in [2.45, 2.75) is 25.3 Å². The van der Waals surface area contributed by atoms with Gasteiger partial charge in [-0.25, -0.2) is 0 Å². The molecule has 24 heavy (non-hydrogen) atoms. The molecule has 0 bridgehead atoms. The van der Waals surface area contributed by atoms with Gasteiger partial charge in [-0.1, -0.05) is 42.5 Å². The Balaban J connectivity index is 1.69. The van der Waals surface area contributed by atoms with Gasteiger partial charge in [0.2, 0.25) is 5.91 Å². The molecule has 0 aromatic heterocycles. The van der Waals surface area contributed by atoms with Crippen LogP contribution in [0.2, 0.25) is 0 Å². The van der Waals surface area contributed by atoms with Crippen LogP contribution in [0.25, 0.3) is 6.08 Å². The summed E-state index contributed by atoms with van der Waals surface area (Å²) in [6.07, 6.45) is 4.39. The van der Waals surface area contributed by atoms with Gasteiger partial charge in [0.05, 0.1) is 11.6 Å². The van der Waals surface area contributed by atoms with E-state index in [0.29, 0.717) is 11.5 Å². The van der Waals surface area contributed by atoms with Crippen LogP contribution in [-0.2, 0) is 4.79 Å². The Bertz CT molecular complexity index is 789. The lowest BCUT2D eigenvalue weighted by atomic mass is 9.93. The molecular weight excluding hydrogens is 296 g/mol. The van der Waals surface area contributed by atoms with Crippen LogP contribution in [-0.4, -0.2) is 23.4 Å². The molecule has 2 aromatic carbocycles. The smallest absolute Gasteiger partial charge is 0.246 e. The highest BCUT2D eigenvalue weighted by Crippen LogP contribution is 2.33. The molecule has 3 rings (SSSR count). The highest BCUT2D eigenvalue weighted by Gasteiger charge is 2.33. The molecule has 2 unspecified atom stereocenters. The van der Waals surface area contributed by atoms with Gasteiger partial charge in [-0.15, -0.1) is 0 Å². The average Bonchev–Trinajstić information content (AvgIpc) is 3.02. The Hall–Kier alpha value is -2.86. The van der Waals surface area contributed by atoms with Crippen molar-refractivity contribution in [2.24, 2.45) is 0 Å². The summed E-state index contributed by atoms with van der Waals surface area (Å²) >= 11 is 0. The van der Waals surface area contributed by atoms with Gasteiger partial charge in [-0.3, -0.25) is 4.79 Å². The first kappa shape index (κ1) is 16.0. The number of benzene rings is 2. The fraction of sp³-hybridized carbons (Fsp3) is 0.238. The Morgan fingerprint density at radius 1 is 1.21 bits per heavy atom. The van der Waals surface area contributed by atoms with Crippen molar-refractivity contribution in [2.75, 3.05) is 6.54 Å². The summed E-state index contributed by atoms with van der Waals surface area (Å²) in [5, 5.41) is 8.93. The summed E-state index contributed by atoms with van der Waals surface area (Å²) in [5.74, 6) is 0.425. The summed E-state index contributed by atoms with van der Waals surface area (Å²) in [4.78, 5) is 14.5. The van der Waals surface area contributed by atoms with Crippen molar-refractivity contribution in [3.8, 4) is 6.07 Å². The van der Waals surface area contributed by atoms with Crippen LogP contribution in [0, 0.1) is 11.3 Å². The molecule has 1 fully saturated rings. The number of nitriles is 1. The van der Waals surface area contributed by atoms with Gasteiger partial charge < -0.3 is 4.90 Å². The van der Waals surface area contributed by atoms with Gasteiger partial charge >= 0.3 is 0 Å². The molecule has 2 aromatic rings. The van der Waals surface area contributed by atoms with Gasteiger partial charge in [0, 0.05) is 24.6 Å². The molecule has 2 atom stereocenters. The van der Waals surface area contributed by atoms with Crippen molar-refractivity contribution in [3.63, 3.8) is 0 Å². The predicted molar refractivity (Wildman–Crippen MR) is 95.2 cm³/mol. The second-order valence-corrected chi connectivity index (χ2v) is 6.15. The van der Waals surface area contributed by atoms with Crippen molar-refractivity contribution in [1.29, 1.82) is 5.26 Å². The zero-order chi connectivity index (χ0) is 16.9. The molecule has 3 heteroatoms. The number of rotatable bonds is 3. The summed E-state index contributed by atoms with van der Waals surface area (Å²) < 4.78 is 0. The third-order valence-corrected chi connectivity index (χ3v) is 4.70. The molecule has 1 aliphatic heterocycles. The number of carbonyl (C=O) groups excluding carboxylic acids is 1. The average molecular weight is 316 g/mol. The molecule has 1 amide bonds. The number of hydrogen-bond donors (Lipinski definition) is 0. The molecule has 1 aliphatic rings.